The smallest absolute Gasteiger partial charge is 0.312 e. The summed E-state index contributed by atoms with van der Waals surface area (Å²) in [6.45, 7) is 0. The molecule has 4 nitrogen and oxygen atoms in total. The Morgan fingerprint density at radius 1 is 1.25 bits per heavy atom. The highest BCUT2D eigenvalue weighted by Gasteiger charge is 2.11. The predicted molar refractivity (Wildman–Crippen MR) is 65.3 cm³/mol. The molecule has 1 aromatic heterocycles. The van der Waals surface area contributed by atoms with Gasteiger partial charge < -0.3 is 10.2 Å². The van der Waals surface area contributed by atoms with E-state index in [2.05, 4.69) is 0 Å². The van der Waals surface area contributed by atoms with Crippen LogP contribution < -0.4 is 9.75 Å². The molecule has 0 radical (unpaired) electrons. The lowest BCUT2D eigenvalue weighted by Gasteiger charge is -2.03. The topological polar surface area (TPSA) is 74.6 Å². The van der Waals surface area contributed by atoms with Gasteiger partial charge >= 0.3 is 11.9 Å². The zero-order valence-corrected chi connectivity index (χ0v) is 9.92. The molecule has 6 heteroatoms. The lowest BCUT2D eigenvalue weighted by molar-refractivity contribution is -0.136. The summed E-state index contributed by atoms with van der Waals surface area (Å²) in [5.74, 6) is -1.47. The number of aliphatic carboxylic acids is 2. The zero-order valence-electron chi connectivity index (χ0n) is 8.21. The van der Waals surface area contributed by atoms with E-state index in [4.69, 9.17) is 10.2 Å². The molecule has 16 heavy (non-hydrogen) atoms. The number of rotatable bonds is 4. The van der Waals surface area contributed by atoms with E-state index in [1.165, 1.54) is 11.3 Å². The van der Waals surface area contributed by atoms with E-state index in [-0.39, 0.29) is 12.2 Å². The molecule has 1 atom stereocenters. The van der Waals surface area contributed by atoms with Crippen molar-refractivity contribution in [1.82, 2.24) is 0 Å². The van der Waals surface area contributed by atoms with Crippen molar-refractivity contribution >= 4 is 45.0 Å². The van der Waals surface area contributed by atoms with E-state index < -0.39 is 22.8 Å². The van der Waals surface area contributed by atoms with Crippen LogP contribution in [0.25, 0.3) is 10.8 Å². The number of hydrogen-bond donors (Lipinski definition) is 3. The van der Waals surface area contributed by atoms with Crippen molar-refractivity contribution in [1.29, 1.82) is 0 Å². The van der Waals surface area contributed by atoms with Crippen LogP contribution in [0.3, 0.4) is 0 Å². The van der Waals surface area contributed by atoms with Gasteiger partial charge in [-0.1, -0.05) is 0 Å². The minimum absolute atomic E-state index is 0.0379. The van der Waals surface area contributed by atoms with E-state index in [0.717, 1.165) is 14.6 Å². The number of fused-ring (bicyclic) bond motifs is 1. The van der Waals surface area contributed by atoms with Crippen molar-refractivity contribution in [2.75, 3.05) is 5.75 Å². The SMILES string of the molecule is O=C(O)Cc1cc2c(s1)=C[SH](CC(=O)O)C=2. The molecule has 2 rings (SSSR count). The zero-order chi connectivity index (χ0) is 11.7. The monoisotopic (exact) mass is 258 g/mol. The third kappa shape index (κ3) is 2.45. The van der Waals surface area contributed by atoms with Crippen molar-refractivity contribution in [3.8, 4) is 0 Å². The molecular weight excluding hydrogens is 248 g/mol. The Labute approximate surface area is 97.9 Å². The fourth-order valence-corrected chi connectivity index (χ4v) is 4.72. The maximum Gasteiger partial charge on any atom is 0.312 e. The van der Waals surface area contributed by atoms with Gasteiger partial charge in [-0.3, -0.25) is 9.59 Å². The van der Waals surface area contributed by atoms with Gasteiger partial charge in [-0.15, -0.1) is 11.3 Å². The number of thiol groups is 1. The average molecular weight is 258 g/mol. The molecule has 0 bridgehead atoms. The third-order valence-electron chi connectivity index (χ3n) is 2.07. The lowest BCUT2D eigenvalue weighted by Crippen LogP contribution is -2.12. The van der Waals surface area contributed by atoms with Gasteiger partial charge in [-0.2, -0.15) is 0 Å². The van der Waals surface area contributed by atoms with Crippen LogP contribution in [-0.4, -0.2) is 27.9 Å². The van der Waals surface area contributed by atoms with E-state index in [9.17, 15) is 9.59 Å². The van der Waals surface area contributed by atoms with Gasteiger partial charge in [0.05, 0.1) is 12.2 Å². The number of carbonyl (C=O) groups is 2. The molecule has 0 saturated carbocycles. The second-order valence-electron chi connectivity index (χ2n) is 3.43. The van der Waals surface area contributed by atoms with Crippen molar-refractivity contribution < 1.29 is 19.8 Å². The van der Waals surface area contributed by atoms with Crippen LogP contribution in [0.4, 0.5) is 0 Å². The Morgan fingerprint density at radius 2 is 2.00 bits per heavy atom. The number of carboxylic acids is 2. The number of hydrogen-bond acceptors (Lipinski definition) is 3. The van der Waals surface area contributed by atoms with Crippen LogP contribution in [-0.2, 0) is 16.0 Å². The normalized spacial score (nSPS) is 19.6. The van der Waals surface area contributed by atoms with Crippen molar-refractivity contribution in [2.24, 2.45) is 0 Å². The quantitative estimate of drug-likeness (QED) is 0.662. The minimum Gasteiger partial charge on any atom is -0.481 e. The van der Waals surface area contributed by atoms with Gasteiger partial charge in [-0.25, -0.2) is 10.9 Å². The molecular formula is C10H10O4S2. The van der Waals surface area contributed by atoms with Gasteiger partial charge in [-0.05, 0) is 22.1 Å². The standard InChI is InChI=1S/C10H10O4S2/c11-9(12)2-7-1-6-3-16(5-10(13)14)4-8(6)15-7/h1,3-4,16H,2,5H2,(H,11,12)(H,13,14). The molecule has 0 aliphatic carbocycles. The van der Waals surface area contributed by atoms with Crippen molar-refractivity contribution in [2.45, 2.75) is 6.42 Å². The summed E-state index contributed by atoms with van der Waals surface area (Å²) in [5.41, 5.74) is 0. The molecule has 1 aliphatic rings. The molecule has 86 valence electrons. The fourth-order valence-electron chi connectivity index (χ4n) is 1.53. The predicted octanol–water partition coefficient (Wildman–Crippen LogP) is -0.0494. The summed E-state index contributed by atoms with van der Waals surface area (Å²) in [6.07, 6.45) is 0.0379. The maximum atomic E-state index is 10.5. The first kappa shape index (κ1) is 11.2. The van der Waals surface area contributed by atoms with E-state index >= 15 is 0 Å². The summed E-state index contributed by atoms with van der Waals surface area (Å²) < 4.78 is 1.02. The summed E-state index contributed by atoms with van der Waals surface area (Å²) in [4.78, 5) is 21.9. The number of carboxylic acid groups (broad SMARTS) is 2. The summed E-state index contributed by atoms with van der Waals surface area (Å²) >= 11 is 1.44. The molecule has 1 unspecified atom stereocenters. The summed E-state index contributed by atoms with van der Waals surface area (Å²) in [6, 6.07) is 1.84. The van der Waals surface area contributed by atoms with E-state index in [1.54, 1.807) is 0 Å². The Balaban J connectivity index is 2.21. The maximum absolute atomic E-state index is 10.5. The second kappa shape index (κ2) is 4.31. The first-order valence-electron chi connectivity index (χ1n) is 4.56. The highest BCUT2D eigenvalue weighted by atomic mass is 32.2. The van der Waals surface area contributed by atoms with Gasteiger partial charge in [0.15, 0.2) is 0 Å². The summed E-state index contributed by atoms with van der Waals surface area (Å²) in [5, 5.41) is 22.2. The Bertz CT molecular complexity index is 524. The fraction of sp³-hybridized carbons (Fsp3) is 0.200. The van der Waals surface area contributed by atoms with Crippen LogP contribution in [0.1, 0.15) is 4.88 Å². The Morgan fingerprint density at radius 3 is 2.56 bits per heavy atom. The summed E-state index contributed by atoms with van der Waals surface area (Å²) in [7, 11) is -0.694. The van der Waals surface area contributed by atoms with E-state index in [0.29, 0.717) is 0 Å². The van der Waals surface area contributed by atoms with E-state index in [1.807, 2.05) is 16.9 Å². The first-order chi connectivity index (χ1) is 7.54. The largest absolute Gasteiger partial charge is 0.481 e. The van der Waals surface area contributed by atoms with Crippen LogP contribution in [0.5, 0.6) is 0 Å². The minimum atomic E-state index is -0.840. The molecule has 1 aliphatic heterocycles. The highest BCUT2D eigenvalue weighted by Crippen LogP contribution is 2.31. The molecule has 2 N–H and O–H groups in total. The second-order valence-corrected chi connectivity index (χ2v) is 6.46. The van der Waals surface area contributed by atoms with Gasteiger partial charge in [0.2, 0.25) is 0 Å². The van der Waals surface area contributed by atoms with Crippen molar-refractivity contribution in [3.63, 3.8) is 0 Å². The average Bonchev–Trinajstić information content (AvgIpc) is 2.58. The van der Waals surface area contributed by atoms with Crippen LogP contribution in [0.2, 0.25) is 0 Å². The number of thiophene rings is 1. The van der Waals surface area contributed by atoms with Crippen LogP contribution in [0.15, 0.2) is 6.07 Å². The molecule has 2 heterocycles. The van der Waals surface area contributed by atoms with Crippen molar-refractivity contribution in [3.05, 3.63) is 20.7 Å². The molecule has 0 spiro atoms. The third-order valence-corrected chi connectivity index (χ3v) is 5.18. The van der Waals surface area contributed by atoms with Gasteiger partial charge in [0, 0.05) is 9.41 Å². The molecule has 0 fully saturated rings. The first-order valence-corrected chi connectivity index (χ1v) is 7.04. The Kier molecular flexibility index (Phi) is 3.02. The molecule has 0 amide bonds. The van der Waals surface area contributed by atoms with Gasteiger partial charge in [0.1, 0.15) is 0 Å². The van der Waals surface area contributed by atoms with Gasteiger partial charge in [0.25, 0.3) is 0 Å². The highest BCUT2D eigenvalue weighted by molar-refractivity contribution is 8.30. The molecule has 1 aromatic rings. The van der Waals surface area contributed by atoms with Crippen LogP contribution in [0, 0.1) is 0 Å². The lowest BCUT2D eigenvalue weighted by atomic mass is 10.3. The molecule has 0 saturated heterocycles. The Hall–Kier alpha value is -1.27. The molecule has 0 aromatic carbocycles. The van der Waals surface area contributed by atoms with Crippen LogP contribution >= 0.6 is 22.2 Å².